The van der Waals surface area contributed by atoms with Crippen LogP contribution in [0.5, 0.6) is 5.75 Å². The van der Waals surface area contributed by atoms with Gasteiger partial charge in [-0.3, -0.25) is 4.79 Å². The minimum atomic E-state index is -0.245. The number of carbonyl (C=O) groups is 1. The van der Waals surface area contributed by atoms with Crippen molar-refractivity contribution in [2.24, 2.45) is 0 Å². The highest BCUT2D eigenvalue weighted by Crippen LogP contribution is 2.27. The van der Waals surface area contributed by atoms with Gasteiger partial charge in [0.25, 0.3) is 0 Å². The van der Waals surface area contributed by atoms with E-state index in [9.17, 15) is 4.79 Å². The third-order valence-electron chi connectivity index (χ3n) is 2.35. The number of nitrogens with zero attached hydrogens (tertiary/aromatic N) is 2. The molecule has 0 spiro atoms. The number of hydrogen-bond acceptors (Lipinski definition) is 5. The van der Waals surface area contributed by atoms with E-state index in [2.05, 4.69) is 10.6 Å². The normalized spacial score (nSPS) is 9.00. The number of methoxy groups -OCH3 is 1. The third-order valence-corrected chi connectivity index (χ3v) is 2.35. The fraction of sp³-hybridized carbons (Fsp3) is 0.308. The molecule has 19 heavy (non-hydrogen) atoms. The molecule has 1 aromatic carbocycles. The van der Waals surface area contributed by atoms with E-state index in [4.69, 9.17) is 15.3 Å². The fourth-order valence-electron chi connectivity index (χ4n) is 1.47. The van der Waals surface area contributed by atoms with Crippen LogP contribution >= 0.6 is 0 Å². The lowest BCUT2D eigenvalue weighted by Crippen LogP contribution is -2.30. The van der Waals surface area contributed by atoms with Crippen molar-refractivity contribution in [3.8, 4) is 17.9 Å². The molecular formula is C13H14N4O2. The van der Waals surface area contributed by atoms with Crippen LogP contribution in [0.2, 0.25) is 0 Å². The number of para-hydroxylation sites is 1. The van der Waals surface area contributed by atoms with Crippen molar-refractivity contribution in [3.05, 3.63) is 23.8 Å². The zero-order valence-electron chi connectivity index (χ0n) is 10.6. The molecule has 0 fully saturated rings. The minimum absolute atomic E-state index is 0.0144. The summed E-state index contributed by atoms with van der Waals surface area (Å²) in [6, 6.07) is 9.01. The van der Waals surface area contributed by atoms with Gasteiger partial charge in [-0.15, -0.1) is 0 Å². The average Bonchev–Trinajstić information content (AvgIpc) is 2.44. The van der Waals surface area contributed by atoms with Crippen LogP contribution < -0.4 is 15.4 Å². The average molecular weight is 258 g/mol. The van der Waals surface area contributed by atoms with Crippen molar-refractivity contribution in [2.45, 2.75) is 6.42 Å². The summed E-state index contributed by atoms with van der Waals surface area (Å²) in [5.41, 5.74) is 0.895. The molecular weight excluding hydrogens is 244 g/mol. The van der Waals surface area contributed by atoms with Gasteiger partial charge in [0.05, 0.1) is 37.4 Å². The summed E-state index contributed by atoms with van der Waals surface area (Å²) in [5, 5.41) is 22.8. The summed E-state index contributed by atoms with van der Waals surface area (Å²) in [7, 11) is 1.49. The summed E-state index contributed by atoms with van der Waals surface area (Å²) in [5.74, 6) is 0.258. The maximum Gasteiger partial charge on any atom is 0.239 e. The maximum atomic E-state index is 11.5. The Labute approximate surface area is 111 Å². The first-order chi connectivity index (χ1) is 9.22. The van der Waals surface area contributed by atoms with Gasteiger partial charge in [0, 0.05) is 6.54 Å². The van der Waals surface area contributed by atoms with Gasteiger partial charge in [-0.1, -0.05) is 6.07 Å². The minimum Gasteiger partial charge on any atom is -0.495 e. The first-order valence-electron chi connectivity index (χ1n) is 5.67. The SMILES string of the molecule is COc1cccc(C#N)c1NCC(=O)NCCC#N. The lowest BCUT2D eigenvalue weighted by Gasteiger charge is -2.12. The molecule has 2 N–H and O–H groups in total. The summed E-state index contributed by atoms with van der Waals surface area (Å²) < 4.78 is 5.13. The molecule has 0 radical (unpaired) electrons. The number of hydrogen-bond donors (Lipinski definition) is 2. The number of anilines is 1. The van der Waals surface area contributed by atoms with Crippen molar-refractivity contribution in [3.63, 3.8) is 0 Å². The maximum absolute atomic E-state index is 11.5. The van der Waals surface area contributed by atoms with E-state index in [0.717, 1.165) is 0 Å². The molecule has 0 unspecified atom stereocenters. The second-order valence-corrected chi connectivity index (χ2v) is 3.61. The van der Waals surface area contributed by atoms with Gasteiger partial charge in [-0.2, -0.15) is 10.5 Å². The molecule has 0 saturated heterocycles. The van der Waals surface area contributed by atoms with Crippen LogP contribution in [0.3, 0.4) is 0 Å². The molecule has 1 aromatic rings. The van der Waals surface area contributed by atoms with Crippen molar-refractivity contribution < 1.29 is 9.53 Å². The van der Waals surface area contributed by atoms with Crippen LogP contribution in [-0.2, 0) is 4.79 Å². The number of nitriles is 2. The molecule has 6 nitrogen and oxygen atoms in total. The molecule has 0 aliphatic carbocycles. The van der Waals surface area contributed by atoms with E-state index in [1.165, 1.54) is 7.11 Å². The molecule has 98 valence electrons. The number of nitrogens with one attached hydrogen (secondary N) is 2. The Morgan fingerprint density at radius 2 is 2.21 bits per heavy atom. The van der Waals surface area contributed by atoms with Crippen LogP contribution in [0.1, 0.15) is 12.0 Å². The Kier molecular flexibility index (Phi) is 5.71. The van der Waals surface area contributed by atoms with Crippen LogP contribution in [0.15, 0.2) is 18.2 Å². The predicted octanol–water partition coefficient (Wildman–Crippen LogP) is 1.01. The van der Waals surface area contributed by atoms with E-state index < -0.39 is 0 Å². The number of ether oxygens (including phenoxy) is 1. The van der Waals surface area contributed by atoms with Gasteiger partial charge in [0.2, 0.25) is 5.91 Å². The molecule has 0 saturated carbocycles. The lowest BCUT2D eigenvalue weighted by atomic mass is 10.2. The highest BCUT2D eigenvalue weighted by atomic mass is 16.5. The molecule has 0 aliphatic rings. The van der Waals surface area contributed by atoms with Gasteiger partial charge < -0.3 is 15.4 Å². The molecule has 0 aliphatic heterocycles. The highest BCUT2D eigenvalue weighted by Gasteiger charge is 2.09. The predicted molar refractivity (Wildman–Crippen MR) is 69.4 cm³/mol. The fourth-order valence-corrected chi connectivity index (χ4v) is 1.47. The number of carbonyl (C=O) groups excluding carboxylic acids is 1. The Morgan fingerprint density at radius 3 is 2.84 bits per heavy atom. The molecule has 1 rings (SSSR count). The smallest absolute Gasteiger partial charge is 0.239 e. The quantitative estimate of drug-likeness (QED) is 0.742. The van der Waals surface area contributed by atoms with Gasteiger partial charge in [-0.25, -0.2) is 0 Å². The van der Waals surface area contributed by atoms with Crippen molar-refractivity contribution >= 4 is 11.6 Å². The Bertz CT molecular complexity index is 528. The topological polar surface area (TPSA) is 97.9 Å². The van der Waals surface area contributed by atoms with E-state index in [-0.39, 0.29) is 18.9 Å². The molecule has 0 heterocycles. The monoisotopic (exact) mass is 258 g/mol. The van der Waals surface area contributed by atoms with E-state index >= 15 is 0 Å². The lowest BCUT2D eigenvalue weighted by molar-refractivity contribution is -0.119. The van der Waals surface area contributed by atoms with Crippen molar-refractivity contribution in [2.75, 3.05) is 25.5 Å². The van der Waals surface area contributed by atoms with Crippen LogP contribution in [0.25, 0.3) is 0 Å². The van der Waals surface area contributed by atoms with Crippen LogP contribution in [0, 0.1) is 22.7 Å². The van der Waals surface area contributed by atoms with Crippen LogP contribution in [0.4, 0.5) is 5.69 Å². The number of benzene rings is 1. The zero-order valence-corrected chi connectivity index (χ0v) is 10.6. The first-order valence-corrected chi connectivity index (χ1v) is 5.67. The molecule has 6 heteroatoms. The summed E-state index contributed by atoms with van der Waals surface area (Å²) >= 11 is 0. The van der Waals surface area contributed by atoms with Crippen molar-refractivity contribution in [1.29, 1.82) is 10.5 Å². The zero-order chi connectivity index (χ0) is 14.1. The Morgan fingerprint density at radius 1 is 1.42 bits per heavy atom. The molecule has 1 amide bonds. The number of rotatable bonds is 6. The number of amides is 1. The Balaban J connectivity index is 2.65. The van der Waals surface area contributed by atoms with Gasteiger partial charge in [-0.05, 0) is 12.1 Å². The second kappa shape index (κ2) is 7.57. The third kappa shape index (κ3) is 4.21. The van der Waals surface area contributed by atoms with E-state index in [1.807, 2.05) is 12.1 Å². The largest absolute Gasteiger partial charge is 0.495 e. The second-order valence-electron chi connectivity index (χ2n) is 3.61. The van der Waals surface area contributed by atoms with E-state index in [1.54, 1.807) is 18.2 Å². The molecule has 0 bridgehead atoms. The summed E-state index contributed by atoms with van der Waals surface area (Å²) in [6.45, 7) is 0.328. The van der Waals surface area contributed by atoms with Crippen LogP contribution in [-0.4, -0.2) is 26.1 Å². The van der Waals surface area contributed by atoms with Gasteiger partial charge in [0.1, 0.15) is 11.8 Å². The highest BCUT2D eigenvalue weighted by molar-refractivity contribution is 5.82. The van der Waals surface area contributed by atoms with Crippen molar-refractivity contribution in [1.82, 2.24) is 5.32 Å². The summed E-state index contributed by atoms with van der Waals surface area (Å²) in [4.78, 5) is 11.5. The molecule has 0 aromatic heterocycles. The summed E-state index contributed by atoms with van der Waals surface area (Å²) in [6.07, 6.45) is 0.268. The first kappa shape index (κ1) is 14.3. The standard InChI is InChI=1S/C13H14N4O2/c1-19-11-5-2-4-10(8-15)13(11)17-9-12(18)16-7-3-6-14/h2,4-5,17H,3,7,9H2,1H3,(H,16,18). The van der Waals surface area contributed by atoms with Gasteiger partial charge in [0.15, 0.2) is 0 Å². The Hall–Kier alpha value is -2.73. The molecule has 0 atom stereocenters. The van der Waals surface area contributed by atoms with E-state index in [0.29, 0.717) is 23.5 Å². The van der Waals surface area contributed by atoms with Gasteiger partial charge >= 0.3 is 0 Å².